The minimum Gasteiger partial charge on any atom is -0.452 e. The summed E-state index contributed by atoms with van der Waals surface area (Å²) in [6.07, 6.45) is 0.639. The molecule has 0 saturated carbocycles. The van der Waals surface area contributed by atoms with Crippen molar-refractivity contribution >= 4 is 40.0 Å². The van der Waals surface area contributed by atoms with E-state index in [1.807, 2.05) is 0 Å². The number of aliphatic hydroxyl groups is 1. The summed E-state index contributed by atoms with van der Waals surface area (Å²) >= 11 is 1.60. The van der Waals surface area contributed by atoms with Crippen molar-refractivity contribution in [1.82, 2.24) is 10.0 Å². The quantitative estimate of drug-likeness (QED) is 0.265. The van der Waals surface area contributed by atoms with Crippen LogP contribution in [0.3, 0.4) is 0 Å². The third-order valence-corrected chi connectivity index (χ3v) is 4.03. The maximum Gasteiger partial charge on any atom is 0.382 e. The molecule has 1 saturated heterocycles. The Hall–Kier alpha value is -1.03. The van der Waals surface area contributed by atoms with E-state index in [2.05, 4.69) is 21.4 Å². The molecule has 1 rings (SSSR count). The number of hydrogen-bond acceptors (Lipinski definition) is 8. The first-order chi connectivity index (χ1) is 9.45. The Labute approximate surface area is 125 Å². The Morgan fingerprint density at radius 2 is 2.35 bits per heavy atom. The molecule has 1 aliphatic heterocycles. The molecule has 0 aromatic carbocycles. The molecule has 0 aliphatic carbocycles. The number of amides is 1. The fourth-order valence-corrected chi connectivity index (χ4v) is 3.09. The molecule has 7 nitrogen and oxygen atoms in total. The van der Waals surface area contributed by atoms with Crippen molar-refractivity contribution in [2.75, 3.05) is 13.2 Å². The van der Waals surface area contributed by atoms with E-state index in [1.165, 1.54) is 13.0 Å². The Morgan fingerprint density at radius 3 is 2.90 bits per heavy atom. The van der Waals surface area contributed by atoms with Crippen molar-refractivity contribution in [1.29, 1.82) is 0 Å². The molecule has 3 atom stereocenters. The smallest absolute Gasteiger partial charge is 0.382 e. The molecule has 0 aromatic heterocycles. The van der Waals surface area contributed by atoms with E-state index in [1.54, 1.807) is 0 Å². The lowest BCUT2D eigenvalue weighted by atomic mass is 9.96. The minimum atomic E-state index is -0.801. The molecule has 1 aliphatic rings. The lowest BCUT2D eigenvalue weighted by molar-refractivity contribution is -0.136. The van der Waals surface area contributed by atoms with E-state index < -0.39 is 22.7 Å². The molecule has 9 heteroatoms. The predicted molar refractivity (Wildman–Crippen MR) is 76.8 cm³/mol. The number of aliphatic hydroxyl groups excluding tert-OH is 1. The molecule has 0 bridgehead atoms. The highest BCUT2D eigenvalue weighted by Gasteiger charge is 2.43. The van der Waals surface area contributed by atoms with E-state index in [-0.39, 0.29) is 24.2 Å². The molecule has 1 amide bonds. The van der Waals surface area contributed by atoms with Crippen LogP contribution < -0.4 is 10.0 Å². The van der Waals surface area contributed by atoms with Crippen LogP contribution in [-0.4, -0.2) is 46.1 Å². The summed E-state index contributed by atoms with van der Waals surface area (Å²) in [5.74, 6) is -0.838. The van der Waals surface area contributed by atoms with E-state index in [4.69, 9.17) is 0 Å². The van der Waals surface area contributed by atoms with Crippen molar-refractivity contribution in [3.05, 3.63) is 12.7 Å². The van der Waals surface area contributed by atoms with Gasteiger partial charge in [-0.3, -0.25) is 9.59 Å². The van der Waals surface area contributed by atoms with Crippen LogP contribution in [0, 0.1) is 5.92 Å². The zero-order chi connectivity index (χ0) is 15.1. The standard InChI is InChI=1S/C11H16N2O5S2/c1-3-4-18-11(17)20-12-5-7(15)19-10-8(6(2)14)9(16)13-10/h3,6,8,10,12,14H,1,4-5H2,2H3,(H,13,16)/t6-,8+,10-/m1/s1. The van der Waals surface area contributed by atoms with Gasteiger partial charge in [0.1, 0.15) is 6.61 Å². The summed E-state index contributed by atoms with van der Waals surface area (Å²) in [5.41, 5.74) is 0. The van der Waals surface area contributed by atoms with Crippen LogP contribution in [0.1, 0.15) is 6.92 Å². The number of nitrogens with one attached hydrogen (secondary N) is 2. The van der Waals surface area contributed by atoms with Gasteiger partial charge in [-0.15, -0.1) is 0 Å². The minimum absolute atomic E-state index is 0.0581. The number of rotatable bonds is 7. The van der Waals surface area contributed by atoms with E-state index in [0.29, 0.717) is 11.9 Å². The Kier molecular flexibility index (Phi) is 7.06. The van der Waals surface area contributed by atoms with Crippen LogP contribution in [0.2, 0.25) is 0 Å². The van der Waals surface area contributed by atoms with E-state index >= 15 is 0 Å². The number of ether oxygens (including phenoxy) is 1. The number of thioether (sulfide) groups is 1. The fraction of sp³-hybridized carbons (Fsp3) is 0.545. The van der Waals surface area contributed by atoms with Gasteiger partial charge < -0.3 is 15.2 Å². The van der Waals surface area contributed by atoms with Crippen LogP contribution >= 0.6 is 23.7 Å². The van der Waals surface area contributed by atoms with Gasteiger partial charge in [0.15, 0.2) is 0 Å². The second kappa shape index (κ2) is 8.30. The van der Waals surface area contributed by atoms with Gasteiger partial charge in [0.2, 0.25) is 11.0 Å². The summed E-state index contributed by atoms with van der Waals surface area (Å²) < 4.78 is 7.25. The number of β-lactam (4-membered cyclic amide) rings is 1. The van der Waals surface area contributed by atoms with Gasteiger partial charge in [-0.1, -0.05) is 24.4 Å². The molecule has 3 N–H and O–H groups in total. The zero-order valence-corrected chi connectivity index (χ0v) is 12.5. The second-order valence-electron chi connectivity index (χ2n) is 3.96. The Bertz CT molecular complexity index is 402. The van der Waals surface area contributed by atoms with Gasteiger partial charge in [0.05, 0.1) is 23.9 Å². The molecule has 0 unspecified atom stereocenters. The topological polar surface area (TPSA) is 105 Å². The molecule has 1 heterocycles. The predicted octanol–water partition coefficient (Wildman–Crippen LogP) is 0.259. The monoisotopic (exact) mass is 320 g/mol. The summed E-state index contributed by atoms with van der Waals surface area (Å²) in [7, 11) is 0. The highest BCUT2D eigenvalue weighted by Crippen LogP contribution is 2.28. The molecule has 1 fully saturated rings. The average Bonchev–Trinajstić information content (AvgIpc) is 2.34. The highest BCUT2D eigenvalue weighted by molar-refractivity contribution is 8.14. The van der Waals surface area contributed by atoms with Gasteiger partial charge in [0, 0.05) is 11.9 Å². The summed E-state index contributed by atoms with van der Waals surface area (Å²) in [6.45, 7) is 4.96. The molecule has 0 spiro atoms. The highest BCUT2D eigenvalue weighted by atomic mass is 32.2. The molecule has 112 valence electrons. The van der Waals surface area contributed by atoms with Gasteiger partial charge in [-0.2, -0.15) is 0 Å². The third kappa shape index (κ3) is 5.16. The van der Waals surface area contributed by atoms with Crippen LogP contribution in [0.4, 0.5) is 4.79 Å². The first-order valence-electron chi connectivity index (χ1n) is 5.81. The van der Waals surface area contributed by atoms with Gasteiger partial charge in [-0.05, 0) is 6.92 Å². The molecule has 20 heavy (non-hydrogen) atoms. The normalized spacial score (nSPS) is 22.4. The number of carbonyl (C=O) groups is 3. The first kappa shape index (κ1) is 17.0. The molecule has 0 aromatic rings. The average molecular weight is 320 g/mol. The Balaban J connectivity index is 2.19. The number of hydrogen-bond donors (Lipinski definition) is 3. The largest absolute Gasteiger partial charge is 0.452 e. The van der Waals surface area contributed by atoms with Crippen molar-refractivity contribution in [2.45, 2.75) is 18.4 Å². The molecular formula is C11H16N2O5S2. The van der Waals surface area contributed by atoms with Crippen molar-refractivity contribution in [3.8, 4) is 0 Å². The van der Waals surface area contributed by atoms with Crippen LogP contribution in [-0.2, 0) is 14.3 Å². The van der Waals surface area contributed by atoms with Crippen molar-refractivity contribution in [3.63, 3.8) is 0 Å². The van der Waals surface area contributed by atoms with Gasteiger partial charge >= 0.3 is 5.30 Å². The second-order valence-corrected chi connectivity index (χ2v) is 5.98. The maximum atomic E-state index is 11.6. The molecule has 0 radical (unpaired) electrons. The lowest BCUT2D eigenvalue weighted by Gasteiger charge is -2.37. The number of carbonyl (C=O) groups excluding carboxylic acids is 3. The zero-order valence-electron chi connectivity index (χ0n) is 10.8. The fourth-order valence-electron chi connectivity index (χ4n) is 1.44. The lowest BCUT2D eigenvalue weighted by Crippen LogP contribution is -2.60. The summed E-state index contributed by atoms with van der Waals surface area (Å²) in [4.78, 5) is 33.9. The molecular weight excluding hydrogens is 304 g/mol. The van der Waals surface area contributed by atoms with Crippen LogP contribution in [0.5, 0.6) is 0 Å². The van der Waals surface area contributed by atoms with Crippen LogP contribution in [0.25, 0.3) is 0 Å². The van der Waals surface area contributed by atoms with E-state index in [9.17, 15) is 19.5 Å². The van der Waals surface area contributed by atoms with Crippen molar-refractivity contribution in [2.24, 2.45) is 5.92 Å². The first-order valence-corrected chi connectivity index (χ1v) is 7.50. The summed E-state index contributed by atoms with van der Waals surface area (Å²) in [5, 5.41) is 10.7. The maximum absolute atomic E-state index is 11.6. The SMILES string of the molecule is C=CCOC(=O)SNCC(=O)S[C@H]1NC(=O)[C@@H]1[C@@H](C)O. The third-order valence-electron chi connectivity index (χ3n) is 2.38. The van der Waals surface area contributed by atoms with E-state index in [0.717, 1.165) is 11.8 Å². The van der Waals surface area contributed by atoms with Gasteiger partial charge in [0.25, 0.3) is 0 Å². The van der Waals surface area contributed by atoms with Gasteiger partial charge in [-0.25, -0.2) is 9.52 Å². The Morgan fingerprint density at radius 1 is 1.65 bits per heavy atom. The summed E-state index contributed by atoms with van der Waals surface area (Å²) in [6, 6.07) is 0. The van der Waals surface area contributed by atoms with Crippen LogP contribution in [0.15, 0.2) is 12.7 Å². The van der Waals surface area contributed by atoms with Crippen molar-refractivity contribution < 1.29 is 24.2 Å².